The molecule has 0 spiro atoms. The number of aromatic nitrogens is 3. The van der Waals surface area contributed by atoms with Crippen molar-refractivity contribution >= 4 is 5.57 Å². The van der Waals surface area contributed by atoms with Gasteiger partial charge in [-0.2, -0.15) is 0 Å². The third kappa shape index (κ3) is 3.50. The largest absolute Gasteiger partial charge is 0.275 e. The zero-order valence-electron chi connectivity index (χ0n) is 17.0. The second kappa shape index (κ2) is 7.96. The first-order valence-electron chi connectivity index (χ1n) is 10.3. The van der Waals surface area contributed by atoms with Crippen molar-refractivity contribution in [3.63, 3.8) is 0 Å². The molecule has 0 aliphatic heterocycles. The molecule has 1 heterocycles. The van der Waals surface area contributed by atoms with Crippen LogP contribution in [-0.2, 0) is 0 Å². The first-order chi connectivity index (χ1) is 14.8. The SMILES string of the molecule is Cc1ccc(-c2nnc(-c3ccc(C4=CCCC=C4)cc3)n2-c2ccccc2)cc1. The van der Waals surface area contributed by atoms with Gasteiger partial charge in [0.15, 0.2) is 11.6 Å². The van der Waals surface area contributed by atoms with Gasteiger partial charge in [0.05, 0.1) is 0 Å². The maximum absolute atomic E-state index is 4.59. The number of aryl methyl sites for hydroxylation is 1. The molecular weight excluding hydrogens is 366 g/mol. The van der Waals surface area contributed by atoms with Gasteiger partial charge in [-0.05, 0) is 43.0 Å². The summed E-state index contributed by atoms with van der Waals surface area (Å²) in [5.41, 5.74) is 6.91. The summed E-state index contributed by atoms with van der Waals surface area (Å²) in [5, 5.41) is 9.16. The first-order valence-corrected chi connectivity index (χ1v) is 10.3. The Hall–Kier alpha value is -3.72. The molecule has 0 saturated carbocycles. The van der Waals surface area contributed by atoms with Crippen LogP contribution in [0.25, 0.3) is 34.0 Å². The second-order valence-electron chi connectivity index (χ2n) is 7.60. The molecule has 1 aliphatic carbocycles. The van der Waals surface area contributed by atoms with E-state index >= 15 is 0 Å². The zero-order chi connectivity index (χ0) is 20.3. The lowest BCUT2D eigenvalue weighted by molar-refractivity contribution is 1.04. The Labute approximate surface area is 177 Å². The van der Waals surface area contributed by atoms with E-state index in [2.05, 4.69) is 101 Å². The van der Waals surface area contributed by atoms with E-state index in [1.807, 2.05) is 18.2 Å². The molecule has 0 unspecified atom stereocenters. The molecule has 1 aromatic heterocycles. The van der Waals surface area contributed by atoms with Crippen LogP contribution in [0.4, 0.5) is 0 Å². The van der Waals surface area contributed by atoms with Gasteiger partial charge in [0, 0.05) is 16.8 Å². The van der Waals surface area contributed by atoms with Crippen molar-refractivity contribution in [2.45, 2.75) is 19.8 Å². The average molecular weight is 390 g/mol. The van der Waals surface area contributed by atoms with Gasteiger partial charge < -0.3 is 0 Å². The highest BCUT2D eigenvalue weighted by atomic mass is 15.3. The smallest absolute Gasteiger partial charge is 0.168 e. The molecule has 0 N–H and O–H groups in total. The van der Waals surface area contributed by atoms with Crippen molar-refractivity contribution in [3.8, 4) is 28.5 Å². The quantitative estimate of drug-likeness (QED) is 0.391. The van der Waals surface area contributed by atoms with E-state index in [9.17, 15) is 0 Å². The number of nitrogens with zero attached hydrogens (tertiary/aromatic N) is 3. The molecule has 3 aromatic carbocycles. The van der Waals surface area contributed by atoms with E-state index in [1.54, 1.807) is 0 Å². The van der Waals surface area contributed by atoms with E-state index in [1.165, 1.54) is 16.7 Å². The lowest BCUT2D eigenvalue weighted by Gasteiger charge is -2.12. The van der Waals surface area contributed by atoms with Crippen molar-refractivity contribution in [2.75, 3.05) is 0 Å². The van der Waals surface area contributed by atoms with Crippen molar-refractivity contribution < 1.29 is 0 Å². The van der Waals surface area contributed by atoms with Crippen LogP contribution in [0.15, 0.2) is 97.1 Å². The first kappa shape index (κ1) is 18.3. The number of hydrogen-bond donors (Lipinski definition) is 0. The van der Waals surface area contributed by atoms with Crippen LogP contribution in [0, 0.1) is 6.92 Å². The number of benzene rings is 3. The molecule has 4 aromatic rings. The fourth-order valence-corrected chi connectivity index (χ4v) is 3.82. The molecule has 0 saturated heterocycles. The Morgan fingerprint density at radius 2 is 1.27 bits per heavy atom. The molecule has 3 nitrogen and oxygen atoms in total. The number of hydrogen-bond acceptors (Lipinski definition) is 2. The van der Waals surface area contributed by atoms with E-state index in [0.717, 1.165) is 41.3 Å². The van der Waals surface area contributed by atoms with Crippen molar-refractivity contribution in [3.05, 3.63) is 108 Å². The molecule has 146 valence electrons. The molecule has 0 bridgehead atoms. The minimum Gasteiger partial charge on any atom is -0.275 e. The van der Waals surface area contributed by atoms with Crippen LogP contribution in [0.3, 0.4) is 0 Å². The lowest BCUT2D eigenvalue weighted by atomic mass is 9.98. The summed E-state index contributed by atoms with van der Waals surface area (Å²) in [6, 6.07) is 27.4. The van der Waals surface area contributed by atoms with E-state index in [0.29, 0.717) is 0 Å². The highest BCUT2D eigenvalue weighted by molar-refractivity contribution is 5.76. The Balaban J connectivity index is 1.61. The molecule has 0 atom stereocenters. The molecule has 0 radical (unpaired) electrons. The molecule has 3 heteroatoms. The number of rotatable bonds is 4. The topological polar surface area (TPSA) is 30.7 Å². The number of para-hydroxylation sites is 1. The summed E-state index contributed by atoms with van der Waals surface area (Å²) >= 11 is 0. The molecule has 30 heavy (non-hydrogen) atoms. The monoisotopic (exact) mass is 389 g/mol. The minimum atomic E-state index is 0.844. The van der Waals surface area contributed by atoms with E-state index < -0.39 is 0 Å². The standard InChI is InChI=1S/C27H23N3/c1-20-12-14-23(15-13-20)26-28-29-27(30(26)25-10-6-3-7-11-25)24-18-16-22(17-19-24)21-8-4-2-5-9-21/h3-4,6-19H,2,5H2,1H3. The van der Waals surface area contributed by atoms with Crippen LogP contribution >= 0.6 is 0 Å². The summed E-state index contributed by atoms with van der Waals surface area (Å²) in [4.78, 5) is 0. The van der Waals surface area contributed by atoms with Crippen LogP contribution in [0.2, 0.25) is 0 Å². The van der Waals surface area contributed by atoms with Gasteiger partial charge in [0.2, 0.25) is 0 Å². The van der Waals surface area contributed by atoms with Gasteiger partial charge >= 0.3 is 0 Å². The summed E-state index contributed by atoms with van der Waals surface area (Å²) in [6.45, 7) is 2.09. The fourth-order valence-electron chi connectivity index (χ4n) is 3.82. The summed E-state index contributed by atoms with van der Waals surface area (Å²) in [6.07, 6.45) is 8.99. The summed E-state index contributed by atoms with van der Waals surface area (Å²) < 4.78 is 2.14. The van der Waals surface area contributed by atoms with Crippen molar-refractivity contribution in [1.82, 2.24) is 14.8 Å². The van der Waals surface area contributed by atoms with Crippen LogP contribution in [0.5, 0.6) is 0 Å². The second-order valence-corrected chi connectivity index (χ2v) is 7.60. The van der Waals surface area contributed by atoms with Crippen LogP contribution in [-0.4, -0.2) is 14.8 Å². The van der Waals surface area contributed by atoms with E-state index in [4.69, 9.17) is 0 Å². The predicted octanol–water partition coefficient (Wildman–Crippen LogP) is 6.64. The van der Waals surface area contributed by atoms with Crippen molar-refractivity contribution in [1.29, 1.82) is 0 Å². The predicted molar refractivity (Wildman–Crippen MR) is 123 cm³/mol. The van der Waals surface area contributed by atoms with E-state index in [-0.39, 0.29) is 0 Å². The maximum atomic E-state index is 4.59. The lowest BCUT2D eigenvalue weighted by Crippen LogP contribution is -2.00. The average Bonchev–Trinajstić information content (AvgIpc) is 3.26. The normalized spacial score (nSPS) is 13.3. The molecular formula is C27H23N3. The molecule has 0 fully saturated rings. The van der Waals surface area contributed by atoms with Gasteiger partial charge in [-0.25, -0.2) is 0 Å². The minimum absolute atomic E-state index is 0.844. The summed E-state index contributed by atoms with van der Waals surface area (Å²) in [5.74, 6) is 1.69. The molecule has 1 aliphatic rings. The van der Waals surface area contributed by atoms with Crippen molar-refractivity contribution in [2.24, 2.45) is 0 Å². The third-order valence-electron chi connectivity index (χ3n) is 5.46. The van der Waals surface area contributed by atoms with Gasteiger partial charge in [-0.15, -0.1) is 10.2 Å². The highest BCUT2D eigenvalue weighted by Gasteiger charge is 2.17. The Morgan fingerprint density at radius 1 is 0.667 bits per heavy atom. The molecule has 0 amide bonds. The van der Waals surface area contributed by atoms with Gasteiger partial charge in [-0.1, -0.05) is 90.5 Å². The summed E-state index contributed by atoms with van der Waals surface area (Å²) in [7, 11) is 0. The Morgan fingerprint density at radius 3 is 1.87 bits per heavy atom. The van der Waals surface area contributed by atoms with Crippen LogP contribution in [0.1, 0.15) is 24.0 Å². The number of allylic oxidation sites excluding steroid dienone is 4. The van der Waals surface area contributed by atoms with Gasteiger partial charge in [0.1, 0.15) is 0 Å². The maximum Gasteiger partial charge on any atom is 0.168 e. The van der Waals surface area contributed by atoms with Gasteiger partial charge in [0.25, 0.3) is 0 Å². The fraction of sp³-hybridized carbons (Fsp3) is 0.111. The van der Waals surface area contributed by atoms with Gasteiger partial charge in [-0.3, -0.25) is 4.57 Å². The zero-order valence-corrected chi connectivity index (χ0v) is 17.0. The van der Waals surface area contributed by atoms with Crippen LogP contribution < -0.4 is 0 Å². The highest BCUT2D eigenvalue weighted by Crippen LogP contribution is 2.30. The third-order valence-corrected chi connectivity index (χ3v) is 5.46. The Bertz CT molecular complexity index is 1210. The molecule has 5 rings (SSSR count). The Kier molecular flexibility index (Phi) is 4.86.